The molecular formula is C27H43N3O4. The van der Waals surface area contributed by atoms with Crippen LogP contribution in [0.25, 0.3) is 0 Å². The highest BCUT2D eigenvalue weighted by Crippen LogP contribution is 2.28. The summed E-state index contributed by atoms with van der Waals surface area (Å²) in [5, 5.41) is 5.84. The van der Waals surface area contributed by atoms with Crippen molar-refractivity contribution in [2.24, 2.45) is 0 Å². The molecule has 1 aliphatic carbocycles. The molecule has 1 aliphatic rings. The molecule has 3 amide bonds. The molecule has 0 spiro atoms. The second-order valence-electron chi connectivity index (χ2n) is 10.8. The van der Waals surface area contributed by atoms with Crippen molar-refractivity contribution < 1.29 is 19.1 Å². The van der Waals surface area contributed by atoms with Crippen molar-refractivity contribution in [1.29, 1.82) is 0 Å². The van der Waals surface area contributed by atoms with Crippen LogP contribution in [0, 0.1) is 13.8 Å². The zero-order chi connectivity index (χ0) is 25.6. The Kier molecular flexibility index (Phi) is 9.54. The topological polar surface area (TPSA) is 87.7 Å². The Hall–Kier alpha value is -2.57. The molecule has 1 fully saturated rings. The van der Waals surface area contributed by atoms with Gasteiger partial charge in [0.15, 0.2) is 0 Å². The molecular weight excluding hydrogens is 430 g/mol. The standard InChI is InChI=1S/C27H43N3O4/c1-17(2)30(25(32)20(5)28-26(33)34-27(6,7)8)23(21-15-14-18(3)19(4)16-21)24(31)29-22-12-10-9-11-13-22/h14-17,20,22-23H,9-13H2,1-8H3,(H,28,33)(H,29,31). The maximum atomic E-state index is 13.7. The number of carbonyl (C=O) groups is 3. The van der Waals surface area contributed by atoms with E-state index >= 15 is 0 Å². The molecule has 2 N–H and O–H groups in total. The Morgan fingerprint density at radius 1 is 1.00 bits per heavy atom. The minimum absolute atomic E-state index is 0.122. The highest BCUT2D eigenvalue weighted by Gasteiger charge is 2.37. The van der Waals surface area contributed by atoms with Gasteiger partial charge in [-0.05, 0) is 84.9 Å². The van der Waals surface area contributed by atoms with E-state index in [4.69, 9.17) is 4.74 Å². The van der Waals surface area contributed by atoms with Crippen molar-refractivity contribution in [3.05, 3.63) is 34.9 Å². The van der Waals surface area contributed by atoms with Gasteiger partial charge in [-0.3, -0.25) is 9.59 Å². The summed E-state index contributed by atoms with van der Waals surface area (Å²) in [6.07, 6.45) is 4.64. The second kappa shape index (κ2) is 11.7. The Morgan fingerprint density at radius 3 is 2.15 bits per heavy atom. The molecule has 34 heavy (non-hydrogen) atoms. The second-order valence-corrected chi connectivity index (χ2v) is 10.8. The van der Waals surface area contributed by atoms with Gasteiger partial charge in [-0.2, -0.15) is 0 Å². The van der Waals surface area contributed by atoms with Crippen molar-refractivity contribution in [1.82, 2.24) is 15.5 Å². The van der Waals surface area contributed by atoms with Gasteiger partial charge in [0, 0.05) is 12.1 Å². The number of nitrogens with one attached hydrogen (secondary N) is 2. The van der Waals surface area contributed by atoms with Gasteiger partial charge in [0.05, 0.1) is 0 Å². The quantitative estimate of drug-likeness (QED) is 0.587. The fourth-order valence-corrected chi connectivity index (χ4v) is 4.35. The SMILES string of the molecule is Cc1ccc(C(C(=O)NC2CCCCC2)N(C(=O)C(C)NC(=O)OC(C)(C)C)C(C)C)cc1C. The first-order valence-electron chi connectivity index (χ1n) is 12.5. The minimum atomic E-state index is -0.853. The van der Waals surface area contributed by atoms with Crippen molar-refractivity contribution >= 4 is 17.9 Å². The van der Waals surface area contributed by atoms with Crippen LogP contribution in [-0.4, -0.2) is 46.5 Å². The summed E-state index contributed by atoms with van der Waals surface area (Å²) in [6, 6.07) is 4.09. The molecule has 190 valence electrons. The van der Waals surface area contributed by atoms with E-state index in [0.717, 1.165) is 42.4 Å². The summed E-state index contributed by atoms with van der Waals surface area (Å²) in [6.45, 7) is 14.7. The normalized spacial score (nSPS) is 16.5. The average molecular weight is 474 g/mol. The van der Waals surface area contributed by atoms with Crippen LogP contribution < -0.4 is 10.6 Å². The smallest absolute Gasteiger partial charge is 0.408 e. The van der Waals surface area contributed by atoms with E-state index in [-0.39, 0.29) is 23.9 Å². The summed E-state index contributed by atoms with van der Waals surface area (Å²) >= 11 is 0. The Bertz CT molecular complexity index is 869. The zero-order valence-corrected chi connectivity index (χ0v) is 22.2. The van der Waals surface area contributed by atoms with Crippen molar-refractivity contribution in [2.45, 2.75) is 117 Å². The fraction of sp³-hybridized carbons (Fsp3) is 0.667. The van der Waals surface area contributed by atoms with Crippen LogP contribution in [-0.2, 0) is 14.3 Å². The van der Waals surface area contributed by atoms with E-state index < -0.39 is 23.8 Å². The number of nitrogens with zero attached hydrogens (tertiary/aromatic N) is 1. The van der Waals surface area contributed by atoms with Gasteiger partial charge in [-0.1, -0.05) is 37.5 Å². The van der Waals surface area contributed by atoms with E-state index in [0.29, 0.717) is 0 Å². The molecule has 2 rings (SSSR count). The minimum Gasteiger partial charge on any atom is -0.444 e. The highest BCUT2D eigenvalue weighted by molar-refractivity contribution is 5.92. The molecule has 7 nitrogen and oxygen atoms in total. The van der Waals surface area contributed by atoms with Crippen LogP contribution in [0.5, 0.6) is 0 Å². The summed E-state index contributed by atoms with van der Waals surface area (Å²) in [5.74, 6) is -0.510. The van der Waals surface area contributed by atoms with Gasteiger partial charge in [0.25, 0.3) is 0 Å². The van der Waals surface area contributed by atoms with Gasteiger partial charge in [-0.15, -0.1) is 0 Å². The average Bonchev–Trinajstić information content (AvgIpc) is 2.72. The number of hydrogen-bond donors (Lipinski definition) is 2. The number of ether oxygens (including phenoxy) is 1. The highest BCUT2D eigenvalue weighted by atomic mass is 16.6. The van der Waals surface area contributed by atoms with Crippen LogP contribution in [0.2, 0.25) is 0 Å². The molecule has 0 aromatic heterocycles. The lowest BCUT2D eigenvalue weighted by atomic mass is 9.93. The molecule has 0 aliphatic heterocycles. The summed E-state index contributed by atoms with van der Waals surface area (Å²) in [7, 11) is 0. The summed E-state index contributed by atoms with van der Waals surface area (Å²) in [5.41, 5.74) is 2.27. The third-order valence-electron chi connectivity index (χ3n) is 6.24. The molecule has 1 aromatic rings. The number of benzene rings is 1. The van der Waals surface area contributed by atoms with E-state index in [1.807, 2.05) is 45.9 Å². The van der Waals surface area contributed by atoms with E-state index in [2.05, 4.69) is 10.6 Å². The number of carbonyl (C=O) groups excluding carboxylic acids is 3. The van der Waals surface area contributed by atoms with Gasteiger partial charge in [-0.25, -0.2) is 4.79 Å². The van der Waals surface area contributed by atoms with Gasteiger partial charge < -0.3 is 20.3 Å². The number of hydrogen-bond acceptors (Lipinski definition) is 4. The number of alkyl carbamates (subject to hydrolysis) is 1. The number of amides is 3. The predicted molar refractivity (Wildman–Crippen MR) is 134 cm³/mol. The third-order valence-corrected chi connectivity index (χ3v) is 6.24. The van der Waals surface area contributed by atoms with Gasteiger partial charge in [0.2, 0.25) is 11.8 Å². The first kappa shape index (κ1) is 27.7. The zero-order valence-electron chi connectivity index (χ0n) is 22.2. The molecule has 0 saturated heterocycles. The van der Waals surface area contributed by atoms with E-state index in [1.54, 1.807) is 32.6 Å². The monoisotopic (exact) mass is 473 g/mol. The molecule has 1 saturated carbocycles. The summed E-state index contributed by atoms with van der Waals surface area (Å²) in [4.78, 5) is 41.2. The Labute approximate surface area is 205 Å². The maximum absolute atomic E-state index is 13.7. The van der Waals surface area contributed by atoms with Crippen molar-refractivity contribution in [3.63, 3.8) is 0 Å². The fourth-order valence-electron chi connectivity index (χ4n) is 4.35. The van der Waals surface area contributed by atoms with Crippen LogP contribution >= 0.6 is 0 Å². The van der Waals surface area contributed by atoms with E-state index in [1.165, 1.54) is 6.42 Å². The van der Waals surface area contributed by atoms with E-state index in [9.17, 15) is 14.4 Å². The number of aryl methyl sites for hydroxylation is 2. The van der Waals surface area contributed by atoms with Gasteiger partial charge >= 0.3 is 6.09 Å². The first-order chi connectivity index (χ1) is 15.8. The lowest BCUT2D eigenvalue weighted by Crippen LogP contribution is -2.55. The lowest BCUT2D eigenvalue weighted by molar-refractivity contribution is -0.144. The first-order valence-corrected chi connectivity index (χ1v) is 12.5. The lowest BCUT2D eigenvalue weighted by Gasteiger charge is -2.37. The molecule has 2 unspecified atom stereocenters. The molecule has 2 atom stereocenters. The Morgan fingerprint density at radius 2 is 1.62 bits per heavy atom. The van der Waals surface area contributed by atoms with Crippen LogP contribution in [0.4, 0.5) is 4.79 Å². The molecule has 7 heteroatoms. The van der Waals surface area contributed by atoms with Crippen molar-refractivity contribution in [3.8, 4) is 0 Å². The molecule has 0 radical (unpaired) electrons. The van der Waals surface area contributed by atoms with Crippen LogP contribution in [0.1, 0.15) is 96.4 Å². The van der Waals surface area contributed by atoms with Gasteiger partial charge in [0.1, 0.15) is 17.7 Å². The number of rotatable bonds is 7. The molecule has 0 heterocycles. The predicted octanol–water partition coefficient (Wildman–Crippen LogP) is 4.94. The van der Waals surface area contributed by atoms with Crippen molar-refractivity contribution in [2.75, 3.05) is 0 Å². The maximum Gasteiger partial charge on any atom is 0.408 e. The third kappa shape index (κ3) is 7.74. The molecule has 0 bridgehead atoms. The molecule has 1 aromatic carbocycles. The largest absolute Gasteiger partial charge is 0.444 e. The summed E-state index contributed by atoms with van der Waals surface area (Å²) < 4.78 is 5.32. The Balaban J connectivity index is 2.36. The van der Waals surface area contributed by atoms with Crippen LogP contribution in [0.3, 0.4) is 0 Å². The van der Waals surface area contributed by atoms with Crippen LogP contribution in [0.15, 0.2) is 18.2 Å².